The third-order valence-electron chi connectivity index (χ3n) is 4.62. The van der Waals surface area contributed by atoms with Crippen molar-refractivity contribution in [2.45, 2.75) is 38.8 Å². The number of hydrogen-bond acceptors (Lipinski definition) is 4. The van der Waals surface area contributed by atoms with Crippen LogP contribution in [0.1, 0.15) is 49.0 Å². The molecule has 1 fully saturated rings. The van der Waals surface area contributed by atoms with E-state index in [1.54, 1.807) is 12.1 Å². The summed E-state index contributed by atoms with van der Waals surface area (Å²) >= 11 is 0. The standard InChI is InChI=1S/C17H21NO3/c1-16(2)11-14(18-17(16)9-4-10-21-17)12-5-7-13(8-6-12)15(19)20-3/h5-8H,4,9-11H2,1-3H3. The number of aliphatic imine (C=N–C) groups is 1. The van der Waals surface area contributed by atoms with E-state index in [9.17, 15) is 4.79 Å². The van der Waals surface area contributed by atoms with Gasteiger partial charge in [0.1, 0.15) is 0 Å². The van der Waals surface area contributed by atoms with Crippen LogP contribution >= 0.6 is 0 Å². The van der Waals surface area contributed by atoms with Crippen LogP contribution in [0.4, 0.5) is 0 Å². The zero-order valence-corrected chi connectivity index (χ0v) is 12.8. The van der Waals surface area contributed by atoms with E-state index in [0.29, 0.717) is 5.56 Å². The molecule has 2 aliphatic heterocycles. The first-order valence-corrected chi connectivity index (χ1v) is 7.39. The van der Waals surface area contributed by atoms with E-state index in [1.165, 1.54) is 7.11 Å². The average molecular weight is 287 g/mol. The average Bonchev–Trinajstić information content (AvgIpc) is 3.05. The van der Waals surface area contributed by atoms with E-state index in [4.69, 9.17) is 14.5 Å². The van der Waals surface area contributed by atoms with Crippen LogP contribution < -0.4 is 0 Å². The molecule has 2 heterocycles. The van der Waals surface area contributed by atoms with Gasteiger partial charge in [0.05, 0.1) is 12.7 Å². The van der Waals surface area contributed by atoms with Crippen molar-refractivity contribution in [3.63, 3.8) is 0 Å². The number of hydrogen-bond donors (Lipinski definition) is 0. The Morgan fingerprint density at radius 1 is 1.29 bits per heavy atom. The summed E-state index contributed by atoms with van der Waals surface area (Å²) in [5.74, 6) is -0.314. The van der Waals surface area contributed by atoms with Crippen molar-refractivity contribution in [1.29, 1.82) is 0 Å². The van der Waals surface area contributed by atoms with Gasteiger partial charge in [-0.15, -0.1) is 0 Å². The number of ether oxygens (including phenoxy) is 2. The van der Waals surface area contributed by atoms with E-state index >= 15 is 0 Å². The molecule has 4 heteroatoms. The molecule has 1 unspecified atom stereocenters. The Kier molecular flexibility index (Phi) is 3.36. The van der Waals surface area contributed by atoms with Crippen LogP contribution in [-0.2, 0) is 9.47 Å². The summed E-state index contributed by atoms with van der Waals surface area (Å²) in [6, 6.07) is 7.46. The van der Waals surface area contributed by atoms with Crippen molar-refractivity contribution in [3.05, 3.63) is 35.4 Å². The lowest BCUT2D eigenvalue weighted by molar-refractivity contribution is -0.0654. The first-order valence-electron chi connectivity index (χ1n) is 7.39. The van der Waals surface area contributed by atoms with Crippen LogP contribution in [0.3, 0.4) is 0 Å². The highest BCUT2D eigenvalue weighted by atomic mass is 16.5. The highest BCUT2D eigenvalue weighted by Crippen LogP contribution is 2.50. The Labute approximate surface area is 125 Å². The second kappa shape index (κ2) is 4.95. The van der Waals surface area contributed by atoms with Crippen LogP contribution in [0.5, 0.6) is 0 Å². The smallest absolute Gasteiger partial charge is 0.337 e. The molecule has 0 N–H and O–H groups in total. The van der Waals surface area contributed by atoms with Crippen molar-refractivity contribution < 1.29 is 14.3 Å². The summed E-state index contributed by atoms with van der Waals surface area (Å²) in [5.41, 5.74) is 2.34. The Morgan fingerprint density at radius 2 is 2.00 bits per heavy atom. The molecule has 1 saturated heterocycles. The van der Waals surface area contributed by atoms with Crippen molar-refractivity contribution in [3.8, 4) is 0 Å². The number of benzene rings is 1. The molecule has 0 amide bonds. The lowest BCUT2D eigenvalue weighted by atomic mass is 9.78. The number of esters is 1. The van der Waals surface area contributed by atoms with Crippen LogP contribution in [0.25, 0.3) is 0 Å². The van der Waals surface area contributed by atoms with Crippen molar-refractivity contribution in [2.24, 2.45) is 10.4 Å². The minimum absolute atomic E-state index is 0.0137. The zero-order valence-electron chi connectivity index (χ0n) is 12.8. The largest absolute Gasteiger partial charge is 0.465 e. The highest BCUT2D eigenvalue weighted by Gasteiger charge is 2.53. The first-order chi connectivity index (χ1) is 9.97. The molecule has 1 aromatic rings. The fourth-order valence-corrected chi connectivity index (χ4v) is 3.30. The molecular weight excluding hydrogens is 266 g/mol. The van der Waals surface area contributed by atoms with Gasteiger partial charge in [0.2, 0.25) is 0 Å². The number of methoxy groups -OCH3 is 1. The van der Waals surface area contributed by atoms with Crippen LogP contribution in [0.15, 0.2) is 29.3 Å². The molecular formula is C17H21NO3. The summed E-state index contributed by atoms with van der Waals surface area (Å²) in [7, 11) is 1.39. The molecule has 4 nitrogen and oxygen atoms in total. The van der Waals surface area contributed by atoms with Gasteiger partial charge in [0, 0.05) is 17.7 Å². The summed E-state index contributed by atoms with van der Waals surface area (Å²) in [6.07, 6.45) is 2.95. The van der Waals surface area contributed by atoms with Crippen molar-refractivity contribution >= 4 is 11.7 Å². The Hall–Kier alpha value is -1.68. The van der Waals surface area contributed by atoms with Gasteiger partial charge in [0.15, 0.2) is 5.72 Å². The SMILES string of the molecule is COC(=O)c1ccc(C2=NC3(CCCO3)C(C)(C)C2)cc1. The Bertz CT molecular complexity index is 581. The van der Waals surface area contributed by atoms with Gasteiger partial charge in [0.25, 0.3) is 0 Å². The second-order valence-electron chi connectivity index (χ2n) is 6.42. The predicted octanol–water partition coefficient (Wildman–Crippen LogP) is 3.20. The molecule has 0 radical (unpaired) electrons. The second-order valence-corrected chi connectivity index (χ2v) is 6.42. The number of rotatable bonds is 2. The van der Waals surface area contributed by atoms with E-state index in [2.05, 4.69) is 13.8 Å². The van der Waals surface area contributed by atoms with E-state index < -0.39 is 0 Å². The maximum atomic E-state index is 11.5. The molecule has 1 aromatic carbocycles. The van der Waals surface area contributed by atoms with Gasteiger partial charge in [-0.25, -0.2) is 4.79 Å². The van der Waals surface area contributed by atoms with Gasteiger partial charge in [-0.2, -0.15) is 0 Å². The minimum Gasteiger partial charge on any atom is -0.465 e. The van der Waals surface area contributed by atoms with Gasteiger partial charge < -0.3 is 9.47 Å². The number of carbonyl (C=O) groups is 1. The van der Waals surface area contributed by atoms with E-state index in [-0.39, 0.29) is 17.1 Å². The molecule has 0 saturated carbocycles. The van der Waals surface area contributed by atoms with Gasteiger partial charge >= 0.3 is 5.97 Å². The molecule has 21 heavy (non-hydrogen) atoms. The van der Waals surface area contributed by atoms with Gasteiger partial charge in [-0.1, -0.05) is 26.0 Å². The van der Waals surface area contributed by atoms with Gasteiger partial charge in [-0.3, -0.25) is 4.99 Å². The minimum atomic E-state index is -0.358. The number of carbonyl (C=O) groups excluding carboxylic acids is 1. The molecule has 0 aliphatic carbocycles. The molecule has 2 aliphatic rings. The maximum absolute atomic E-state index is 11.5. The van der Waals surface area contributed by atoms with Crippen LogP contribution in [0.2, 0.25) is 0 Å². The molecule has 1 atom stereocenters. The molecule has 112 valence electrons. The Morgan fingerprint density at radius 3 is 2.57 bits per heavy atom. The van der Waals surface area contributed by atoms with Crippen molar-refractivity contribution in [2.75, 3.05) is 13.7 Å². The highest BCUT2D eigenvalue weighted by molar-refractivity contribution is 6.03. The topological polar surface area (TPSA) is 47.9 Å². The monoisotopic (exact) mass is 287 g/mol. The third kappa shape index (κ3) is 2.27. The summed E-state index contributed by atoms with van der Waals surface area (Å²) in [6.45, 7) is 5.23. The molecule has 0 bridgehead atoms. The van der Waals surface area contributed by atoms with Crippen LogP contribution in [0, 0.1) is 5.41 Å². The fourth-order valence-electron chi connectivity index (χ4n) is 3.30. The quantitative estimate of drug-likeness (QED) is 0.785. The summed E-state index contributed by atoms with van der Waals surface area (Å²) < 4.78 is 10.7. The molecule has 3 rings (SSSR count). The summed E-state index contributed by atoms with van der Waals surface area (Å²) in [4.78, 5) is 16.4. The van der Waals surface area contributed by atoms with E-state index in [0.717, 1.165) is 37.1 Å². The summed E-state index contributed by atoms with van der Waals surface area (Å²) in [5, 5.41) is 0. The molecule has 1 spiro atoms. The Balaban J connectivity index is 1.89. The third-order valence-corrected chi connectivity index (χ3v) is 4.62. The first kappa shape index (κ1) is 14.3. The van der Waals surface area contributed by atoms with E-state index in [1.807, 2.05) is 12.1 Å². The van der Waals surface area contributed by atoms with Gasteiger partial charge in [-0.05, 0) is 37.0 Å². The maximum Gasteiger partial charge on any atom is 0.337 e. The molecule has 0 aromatic heterocycles. The van der Waals surface area contributed by atoms with Crippen molar-refractivity contribution in [1.82, 2.24) is 0 Å². The van der Waals surface area contributed by atoms with Crippen LogP contribution in [-0.4, -0.2) is 31.1 Å². The zero-order chi connectivity index (χ0) is 15.1. The predicted molar refractivity (Wildman–Crippen MR) is 80.6 cm³/mol. The fraction of sp³-hybridized carbons (Fsp3) is 0.529. The lowest BCUT2D eigenvalue weighted by Crippen LogP contribution is -2.38. The normalized spacial score (nSPS) is 26.9. The number of nitrogens with zero attached hydrogens (tertiary/aromatic N) is 1. The lowest BCUT2D eigenvalue weighted by Gasteiger charge is -2.34.